The first-order valence-electron chi connectivity index (χ1n) is 7.66. The lowest BCUT2D eigenvalue weighted by Gasteiger charge is -2.09. The summed E-state index contributed by atoms with van der Waals surface area (Å²) in [5, 5.41) is 6.56. The number of nitrogens with one attached hydrogen (secondary N) is 2. The number of amides is 1. The molecule has 6 heteroatoms. The van der Waals surface area contributed by atoms with Crippen molar-refractivity contribution in [1.29, 1.82) is 0 Å². The van der Waals surface area contributed by atoms with Gasteiger partial charge in [-0.15, -0.1) is 0 Å². The Morgan fingerprint density at radius 1 is 1.22 bits per heavy atom. The molecule has 0 saturated carbocycles. The number of nitrogens with zero attached hydrogens (tertiary/aromatic N) is 2. The van der Waals surface area contributed by atoms with E-state index in [1.165, 1.54) is 0 Å². The van der Waals surface area contributed by atoms with E-state index in [0.29, 0.717) is 22.4 Å². The maximum atomic E-state index is 12.4. The van der Waals surface area contributed by atoms with Gasteiger partial charge in [-0.3, -0.25) is 4.79 Å². The van der Waals surface area contributed by atoms with Crippen LogP contribution in [-0.2, 0) is 0 Å². The maximum absolute atomic E-state index is 12.4. The molecule has 5 nitrogen and oxygen atoms in total. The van der Waals surface area contributed by atoms with Crippen molar-refractivity contribution in [3.63, 3.8) is 0 Å². The highest BCUT2D eigenvalue weighted by molar-refractivity contribution is 6.31. The Morgan fingerprint density at radius 3 is 2.70 bits per heavy atom. The Balaban J connectivity index is 2.13. The summed E-state index contributed by atoms with van der Waals surface area (Å²) in [5.41, 5.74) is 2.67. The highest BCUT2D eigenvalue weighted by Gasteiger charge is 2.11. The second-order valence-corrected chi connectivity index (χ2v) is 5.82. The Kier molecular flexibility index (Phi) is 5.93. The first-order chi connectivity index (χ1) is 11.0. The number of carbonyl (C=O) groups excluding carboxylic acids is 1. The second kappa shape index (κ2) is 7.92. The summed E-state index contributed by atoms with van der Waals surface area (Å²) < 4.78 is 0. The fourth-order valence-corrected chi connectivity index (χ4v) is 2.19. The van der Waals surface area contributed by atoms with Crippen LogP contribution in [0, 0.1) is 13.8 Å². The average Bonchev–Trinajstić information content (AvgIpc) is 2.51. The molecule has 23 heavy (non-hydrogen) atoms. The van der Waals surface area contributed by atoms with Crippen molar-refractivity contribution in [1.82, 2.24) is 9.97 Å². The van der Waals surface area contributed by atoms with E-state index in [0.717, 1.165) is 30.6 Å². The standard InChI is InChI=1S/C17H21ClN4O/c1-4-5-8-19-17-20-12(3)9-15(22-17)16(23)21-13-7-6-11(2)14(18)10-13/h6-7,9-10H,4-5,8H2,1-3H3,(H,21,23)(H,19,20,22). The molecule has 0 saturated heterocycles. The molecular weight excluding hydrogens is 312 g/mol. The minimum absolute atomic E-state index is 0.283. The van der Waals surface area contributed by atoms with Crippen LogP contribution < -0.4 is 10.6 Å². The van der Waals surface area contributed by atoms with Crippen molar-refractivity contribution in [2.45, 2.75) is 33.6 Å². The molecule has 0 aliphatic rings. The Morgan fingerprint density at radius 2 is 2.00 bits per heavy atom. The molecule has 1 aromatic carbocycles. The molecule has 0 bridgehead atoms. The van der Waals surface area contributed by atoms with Gasteiger partial charge in [0.25, 0.3) is 5.91 Å². The molecule has 0 aliphatic heterocycles. The van der Waals surface area contributed by atoms with Crippen molar-refractivity contribution in [2.24, 2.45) is 0 Å². The Labute approximate surface area is 141 Å². The molecule has 2 rings (SSSR count). The van der Waals surface area contributed by atoms with Crippen LogP contribution in [-0.4, -0.2) is 22.4 Å². The van der Waals surface area contributed by atoms with E-state index >= 15 is 0 Å². The number of rotatable bonds is 6. The largest absolute Gasteiger partial charge is 0.354 e. The number of halogens is 1. The summed E-state index contributed by atoms with van der Waals surface area (Å²) in [6.45, 7) is 6.65. The monoisotopic (exact) mass is 332 g/mol. The predicted molar refractivity (Wildman–Crippen MR) is 94.3 cm³/mol. The summed E-state index contributed by atoms with van der Waals surface area (Å²) in [5.74, 6) is 0.194. The second-order valence-electron chi connectivity index (χ2n) is 5.42. The van der Waals surface area contributed by atoms with Crippen LogP contribution in [0.1, 0.15) is 41.5 Å². The number of hydrogen-bond donors (Lipinski definition) is 2. The highest BCUT2D eigenvalue weighted by Crippen LogP contribution is 2.20. The van der Waals surface area contributed by atoms with Gasteiger partial charge in [0.1, 0.15) is 5.69 Å². The molecule has 0 spiro atoms. The number of aryl methyl sites for hydroxylation is 2. The number of hydrogen-bond acceptors (Lipinski definition) is 4. The molecule has 2 N–H and O–H groups in total. The van der Waals surface area contributed by atoms with E-state index in [4.69, 9.17) is 11.6 Å². The van der Waals surface area contributed by atoms with Crippen LogP contribution in [0.2, 0.25) is 5.02 Å². The summed E-state index contributed by atoms with van der Waals surface area (Å²) in [7, 11) is 0. The van der Waals surface area contributed by atoms with Gasteiger partial charge >= 0.3 is 0 Å². The topological polar surface area (TPSA) is 66.9 Å². The van der Waals surface area contributed by atoms with E-state index in [9.17, 15) is 4.79 Å². The number of unbranched alkanes of at least 4 members (excludes halogenated alkanes) is 1. The fraction of sp³-hybridized carbons (Fsp3) is 0.353. The normalized spacial score (nSPS) is 10.4. The van der Waals surface area contributed by atoms with Crippen molar-refractivity contribution in [3.05, 3.63) is 46.2 Å². The summed E-state index contributed by atoms with van der Waals surface area (Å²) >= 11 is 6.08. The van der Waals surface area contributed by atoms with Gasteiger partial charge in [0.2, 0.25) is 5.95 Å². The first-order valence-corrected chi connectivity index (χ1v) is 8.04. The molecule has 1 aromatic heterocycles. The van der Waals surface area contributed by atoms with Gasteiger partial charge in [-0.25, -0.2) is 9.97 Å². The predicted octanol–water partition coefficient (Wildman–Crippen LogP) is 4.21. The van der Waals surface area contributed by atoms with Crippen molar-refractivity contribution in [2.75, 3.05) is 17.2 Å². The maximum Gasteiger partial charge on any atom is 0.274 e. The van der Waals surface area contributed by atoms with Gasteiger partial charge in [-0.2, -0.15) is 0 Å². The first kappa shape index (κ1) is 17.2. The minimum Gasteiger partial charge on any atom is -0.354 e. The molecular formula is C17H21ClN4O. The summed E-state index contributed by atoms with van der Waals surface area (Å²) in [4.78, 5) is 20.9. The van der Waals surface area contributed by atoms with E-state index in [1.807, 2.05) is 26.0 Å². The van der Waals surface area contributed by atoms with Crippen LogP contribution in [0.4, 0.5) is 11.6 Å². The van der Waals surface area contributed by atoms with Gasteiger partial charge in [0, 0.05) is 22.9 Å². The van der Waals surface area contributed by atoms with E-state index in [-0.39, 0.29) is 5.91 Å². The summed E-state index contributed by atoms with van der Waals surface area (Å²) in [6, 6.07) is 7.06. The number of carbonyl (C=O) groups is 1. The average molecular weight is 333 g/mol. The minimum atomic E-state index is -0.283. The van der Waals surface area contributed by atoms with Gasteiger partial charge < -0.3 is 10.6 Å². The van der Waals surface area contributed by atoms with Crippen molar-refractivity contribution >= 4 is 29.1 Å². The third-order valence-electron chi connectivity index (χ3n) is 3.33. The van der Waals surface area contributed by atoms with Crippen LogP contribution in [0.3, 0.4) is 0 Å². The van der Waals surface area contributed by atoms with Crippen molar-refractivity contribution < 1.29 is 4.79 Å². The quantitative estimate of drug-likeness (QED) is 0.777. The van der Waals surface area contributed by atoms with Gasteiger partial charge in [0.05, 0.1) is 0 Å². The lowest BCUT2D eigenvalue weighted by molar-refractivity contribution is 0.102. The molecule has 0 unspecified atom stereocenters. The van der Waals surface area contributed by atoms with Crippen LogP contribution in [0.25, 0.3) is 0 Å². The molecule has 1 amide bonds. The third kappa shape index (κ3) is 4.93. The van der Waals surface area contributed by atoms with Crippen LogP contribution >= 0.6 is 11.6 Å². The molecule has 2 aromatic rings. The van der Waals surface area contributed by atoms with E-state index in [1.54, 1.807) is 12.1 Å². The highest BCUT2D eigenvalue weighted by atomic mass is 35.5. The SMILES string of the molecule is CCCCNc1nc(C)cc(C(=O)Nc2ccc(C)c(Cl)c2)n1. The lowest BCUT2D eigenvalue weighted by Crippen LogP contribution is -2.16. The van der Waals surface area contributed by atoms with Gasteiger partial charge in [-0.1, -0.05) is 31.0 Å². The third-order valence-corrected chi connectivity index (χ3v) is 3.74. The number of benzene rings is 1. The molecule has 0 atom stereocenters. The number of aromatic nitrogens is 2. The molecule has 0 fully saturated rings. The fourth-order valence-electron chi connectivity index (χ4n) is 2.01. The molecule has 0 radical (unpaired) electrons. The zero-order chi connectivity index (χ0) is 16.8. The van der Waals surface area contributed by atoms with Crippen LogP contribution in [0.5, 0.6) is 0 Å². The number of anilines is 2. The molecule has 122 valence electrons. The van der Waals surface area contributed by atoms with Gasteiger partial charge in [-0.05, 0) is 44.0 Å². The van der Waals surface area contributed by atoms with Crippen LogP contribution in [0.15, 0.2) is 24.3 Å². The Bertz CT molecular complexity index is 703. The molecule has 0 aliphatic carbocycles. The smallest absolute Gasteiger partial charge is 0.274 e. The molecule has 1 heterocycles. The summed E-state index contributed by atoms with van der Waals surface area (Å²) in [6.07, 6.45) is 2.11. The van der Waals surface area contributed by atoms with E-state index in [2.05, 4.69) is 27.5 Å². The lowest BCUT2D eigenvalue weighted by atomic mass is 10.2. The zero-order valence-electron chi connectivity index (χ0n) is 13.6. The van der Waals surface area contributed by atoms with E-state index < -0.39 is 0 Å². The Hall–Kier alpha value is -2.14. The van der Waals surface area contributed by atoms with Gasteiger partial charge in [0.15, 0.2) is 0 Å². The van der Waals surface area contributed by atoms with Crippen molar-refractivity contribution in [3.8, 4) is 0 Å². The zero-order valence-corrected chi connectivity index (χ0v) is 14.4.